The molecule has 0 aliphatic rings. The summed E-state index contributed by atoms with van der Waals surface area (Å²) in [5.41, 5.74) is 0. The third-order valence-corrected chi connectivity index (χ3v) is 1.68. The fraction of sp³-hybridized carbons (Fsp3) is 0.500. The number of aromatic nitrogens is 1. The van der Waals surface area contributed by atoms with Crippen molar-refractivity contribution in [2.45, 2.75) is 19.8 Å². The standard InChI is InChI=1S/C10H15NO2/c1-3-4-7-13-9-5-6-11-10(8-9)12-2/h5-6,8H,3-4,7H2,1-2H3. The van der Waals surface area contributed by atoms with Gasteiger partial charge in [-0.2, -0.15) is 0 Å². The molecule has 1 aromatic heterocycles. The van der Waals surface area contributed by atoms with Crippen LogP contribution >= 0.6 is 0 Å². The smallest absolute Gasteiger partial charge is 0.216 e. The molecule has 0 aromatic carbocycles. The van der Waals surface area contributed by atoms with Gasteiger partial charge in [0.05, 0.1) is 13.7 Å². The second-order valence-corrected chi connectivity index (χ2v) is 2.74. The van der Waals surface area contributed by atoms with E-state index in [0.717, 1.165) is 25.2 Å². The molecule has 0 amide bonds. The highest BCUT2D eigenvalue weighted by molar-refractivity contribution is 5.25. The van der Waals surface area contributed by atoms with Gasteiger partial charge in [-0.3, -0.25) is 0 Å². The normalized spacial score (nSPS) is 9.69. The van der Waals surface area contributed by atoms with Gasteiger partial charge in [0.1, 0.15) is 5.75 Å². The van der Waals surface area contributed by atoms with Gasteiger partial charge in [-0.1, -0.05) is 13.3 Å². The highest BCUT2D eigenvalue weighted by Crippen LogP contribution is 2.15. The first-order valence-corrected chi connectivity index (χ1v) is 4.49. The lowest BCUT2D eigenvalue weighted by Gasteiger charge is -2.05. The summed E-state index contributed by atoms with van der Waals surface area (Å²) in [5, 5.41) is 0. The molecular formula is C10H15NO2. The van der Waals surface area contributed by atoms with Crippen LogP contribution in [0.2, 0.25) is 0 Å². The quantitative estimate of drug-likeness (QED) is 0.653. The average molecular weight is 181 g/mol. The van der Waals surface area contributed by atoms with E-state index in [1.165, 1.54) is 0 Å². The van der Waals surface area contributed by atoms with Crippen molar-refractivity contribution < 1.29 is 9.47 Å². The molecule has 0 atom stereocenters. The third-order valence-electron chi connectivity index (χ3n) is 1.68. The highest BCUT2D eigenvalue weighted by Gasteiger charge is 1.96. The molecule has 1 rings (SSSR count). The minimum absolute atomic E-state index is 0.592. The summed E-state index contributed by atoms with van der Waals surface area (Å²) in [5.74, 6) is 1.41. The maximum absolute atomic E-state index is 5.47. The van der Waals surface area contributed by atoms with E-state index in [4.69, 9.17) is 9.47 Å². The molecule has 3 heteroatoms. The van der Waals surface area contributed by atoms with Gasteiger partial charge in [0.2, 0.25) is 5.88 Å². The largest absolute Gasteiger partial charge is 0.493 e. The molecule has 72 valence electrons. The Hall–Kier alpha value is -1.25. The summed E-state index contributed by atoms with van der Waals surface area (Å²) in [6.45, 7) is 2.89. The molecular weight excluding hydrogens is 166 g/mol. The topological polar surface area (TPSA) is 31.4 Å². The Morgan fingerprint density at radius 3 is 3.00 bits per heavy atom. The zero-order valence-electron chi connectivity index (χ0n) is 8.12. The second kappa shape index (κ2) is 5.41. The zero-order valence-corrected chi connectivity index (χ0v) is 8.12. The molecule has 0 unspecified atom stereocenters. The van der Waals surface area contributed by atoms with Crippen molar-refractivity contribution in [1.29, 1.82) is 0 Å². The maximum atomic E-state index is 5.47. The summed E-state index contributed by atoms with van der Waals surface area (Å²) in [7, 11) is 1.60. The summed E-state index contributed by atoms with van der Waals surface area (Å²) in [6, 6.07) is 3.62. The van der Waals surface area contributed by atoms with Crippen LogP contribution in [0.25, 0.3) is 0 Å². The summed E-state index contributed by atoms with van der Waals surface area (Å²) < 4.78 is 10.4. The Morgan fingerprint density at radius 1 is 1.46 bits per heavy atom. The number of pyridine rings is 1. The van der Waals surface area contributed by atoms with Crippen molar-refractivity contribution in [2.75, 3.05) is 13.7 Å². The monoisotopic (exact) mass is 181 g/mol. The van der Waals surface area contributed by atoms with Gasteiger partial charge >= 0.3 is 0 Å². The Balaban J connectivity index is 2.46. The molecule has 0 saturated heterocycles. The van der Waals surface area contributed by atoms with E-state index >= 15 is 0 Å². The van der Waals surface area contributed by atoms with E-state index in [1.807, 2.05) is 6.07 Å². The van der Waals surface area contributed by atoms with Crippen molar-refractivity contribution >= 4 is 0 Å². The van der Waals surface area contributed by atoms with Gasteiger partial charge in [-0.05, 0) is 12.5 Å². The SMILES string of the molecule is CCCCOc1ccnc(OC)c1. The highest BCUT2D eigenvalue weighted by atomic mass is 16.5. The van der Waals surface area contributed by atoms with Crippen LogP contribution in [0.15, 0.2) is 18.3 Å². The van der Waals surface area contributed by atoms with Crippen LogP contribution in [0, 0.1) is 0 Å². The molecule has 0 saturated carbocycles. The molecule has 0 bridgehead atoms. The predicted octanol–water partition coefficient (Wildman–Crippen LogP) is 2.27. The number of unbranched alkanes of at least 4 members (excludes halogenated alkanes) is 1. The molecule has 13 heavy (non-hydrogen) atoms. The first-order valence-electron chi connectivity index (χ1n) is 4.49. The van der Waals surface area contributed by atoms with Crippen LogP contribution in [-0.2, 0) is 0 Å². The van der Waals surface area contributed by atoms with Gasteiger partial charge in [-0.25, -0.2) is 4.98 Å². The number of hydrogen-bond donors (Lipinski definition) is 0. The minimum Gasteiger partial charge on any atom is -0.493 e. The fourth-order valence-corrected chi connectivity index (χ4v) is 0.927. The predicted molar refractivity (Wildman–Crippen MR) is 51.2 cm³/mol. The van der Waals surface area contributed by atoms with Crippen LogP contribution in [0.1, 0.15) is 19.8 Å². The number of ether oxygens (including phenoxy) is 2. The van der Waals surface area contributed by atoms with Crippen LogP contribution in [-0.4, -0.2) is 18.7 Å². The Bertz CT molecular complexity index is 250. The van der Waals surface area contributed by atoms with Gasteiger partial charge in [0, 0.05) is 12.3 Å². The van der Waals surface area contributed by atoms with Gasteiger partial charge < -0.3 is 9.47 Å². The van der Waals surface area contributed by atoms with Crippen LogP contribution in [0.3, 0.4) is 0 Å². The van der Waals surface area contributed by atoms with Crippen LogP contribution in [0.4, 0.5) is 0 Å². The van der Waals surface area contributed by atoms with Crippen molar-refractivity contribution in [2.24, 2.45) is 0 Å². The van der Waals surface area contributed by atoms with Crippen molar-refractivity contribution in [1.82, 2.24) is 4.98 Å². The second-order valence-electron chi connectivity index (χ2n) is 2.74. The average Bonchev–Trinajstić information content (AvgIpc) is 2.19. The summed E-state index contributed by atoms with van der Waals surface area (Å²) >= 11 is 0. The molecule has 0 N–H and O–H groups in total. The lowest BCUT2D eigenvalue weighted by Crippen LogP contribution is -1.97. The van der Waals surface area contributed by atoms with E-state index in [2.05, 4.69) is 11.9 Å². The van der Waals surface area contributed by atoms with Crippen molar-refractivity contribution in [3.05, 3.63) is 18.3 Å². The zero-order chi connectivity index (χ0) is 9.52. The van der Waals surface area contributed by atoms with Crippen LogP contribution in [0.5, 0.6) is 11.6 Å². The van der Waals surface area contributed by atoms with Crippen LogP contribution < -0.4 is 9.47 Å². The van der Waals surface area contributed by atoms with Gasteiger partial charge in [-0.15, -0.1) is 0 Å². The van der Waals surface area contributed by atoms with E-state index in [1.54, 1.807) is 19.4 Å². The van der Waals surface area contributed by atoms with E-state index < -0.39 is 0 Å². The van der Waals surface area contributed by atoms with E-state index in [-0.39, 0.29) is 0 Å². The third kappa shape index (κ3) is 3.32. The first-order chi connectivity index (χ1) is 6.36. The lowest BCUT2D eigenvalue weighted by molar-refractivity contribution is 0.305. The molecule has 0 aliphatic carbocycles. The number of rotatable bonds is 5. The number of hydrogen-bond acceptors (Lipinski definition) is 3. The Labute approximate surface area is 78.7 Å². The van der Waals surface area contributed by atoms with E-state index in [9.17, 15) is 0 Å². The summed E-state index contributed by atoms with van der Waals surface area (Å²) in [6.07, 6.45) is 3.90. The number of methoxy groups -OCH3 is 1. The minimum atomic E-state index is 0.592. The van der Waals surface area contributed by atoms with E-state index in [0.29, 0.717) is 5.88 Å². The van der Waals surface area contributed by atoms with Gasteiger partial charge in [0.25, 0.3) is 0 Å². The number of nitrogens with zero attached hydrogens (tertiary/aromatic N) is 1. The molecule has 3 nitrogen and oxygen atoms in total. The molecule has 0 radical (unpaired) electrons. The summed E-state index contributed by atoms with van der Waals surface area (Å²) in [4.78, 5) is 3.98. The molecule has 0 fully saturated rings. The molecule has 1 aromatic rings. The Kier molecular flexibility index (Phi) is 4.09. The Morgan fingerprint density at radius 2 is 2.31 bits per heavy atom. The first kappa shape index (κ1) is 9.84. The molecule has 0 spiro atoms. The lowest BCUT2D eigenvalue weighted by atomic mass is 10.3. The molecule has 0 aliphatic heterocycles. The molecule has 1 heterocycles. The fourth-order valence-electron chi connectivity index (χ4n) is 0.927. The van der Waals surface area contributed by atoms with Crippen molar-refractivity contribution in [3.63, 3.8) is 0 Å². The van der Waals surface area contributed by atoms with Gasteiger partial charge in [0.15, 0.2) is 0 Å². The van der Waals surface area contributed by atoms with Crippen molar-refractivity contribution in [3.8, 4) is 11.6 Å². The maximum Gasteiger partial charge on any atom is 0.216 e.